The van der Waals surface area contributed by atoms with E-state index in [2.05, 4.69) is 24.4 Å². The second-order valence-electron chi connectivity index (χ2n) is 4.30. The van der Waals surface area contributed by atoms with E-state index in [0.717, 1.165) is 6.42 Å². The molecular weight excluding hydrogens is 234 g/mol. The summed E-state index contributed by atoms with van der Waals surface area (Å²) in [6.07, 6.45) is 2.68. The van der Waals surface area contributed by atoms with Crippen LogP contribution in [0.4, 0.5) is 0 Å². The minimum absolute atomic E-state index is 0.0647. The van der Waals surface area contributed by atoms with Crippen molar-refractivity contribution < 1.29 is 8.42 Å². The van der Waals surface area contributed by atoms with Crippen molar-refractivity contribution in [2.75, 3.05) is 5.75 Å². The molecule has 0 aromatic heterocycles. The molecule has 2 atom stereocenters. The van der Waals surface area contributed by atoms with Gasteiger partial charge in [0.05, 0.1) is 5.75 Å². The predicted molar refractivity (Wildman–Crippen MR) is 69.3 cm³/mol. The minimum atomic E-state index is -2.97. The maximum atomic E-state index is 11.3. The third kappa shape index (κ3) is 3.17. The van der Waals surface area contributed by atoms with Crippen LogP contribution in [0.3, 0.4) is 0 Å². The normalized spacial score (nSPS) is 23.7. The van der Waals surface area contributed by atoms with Gasteiger partial charge in [0.25, 0.3) is 0 Å². The van der Waals surface area contributed by atoms with E-state index >= 15 is 0 Å². The van der Waals surface area contributed by atoms with Gasteiger partial charge >= 0.3 is 0 Å². The van der Waals surface area contributed by atoms with Crippen LogP contribution in [0.5, 0.6) is 0 Å². The van der Waals surface area contributed by atoms with Crippen molar-refractivity contribution in [3.63, 3.8) is 0 Å². The summed E-state index contributed by atoms with van der Waals surface area (Å²) in [5.74, 6) is 0.177. The summed E-state index contributed by atoms with van der Waals surface area (Å²) in [5.41, 5.74) is 1.20. The van der Waals surface area contributed by atoms with Crippen LogP contribution in [-0.4, -0.2) is 20.2 Å². The monoisotopic (exact) mass is 251 g/mol. The Hall–Kier alpha value is -1.13. The molecule has 0 aliphatic carbocycles. The zero-order valence-electron chi connectivity index (χ0n) is 9.84. The van der Waals surface area contributed by atoms with Crippen LogP contribution >= 0.6 is 0 Å². The molecule has 0 radical (unpaired) electrons. The number of hydrogen-bond donors (Lipinski definition) is 1. The van der Waals surface area contributed by atoms with Gasteiger partial charge < -0.3 is 5.32 Å². The molecule has 1 aliphatic rings. The van der Waals surface area contributed by atoms with Crippen molar-refractivity contribution in [2.24, 2.45) is 0 Å². The van der Waals surface area contributed by atoms with Crippen LogP contribution in [0.2, 0.25) is 0 Å². The van der Waals surface area contributed by atoms with E-state index in [4.69, 9.17) is 0 Å². The quantitative estimate of drug-likeness (QED) is 0.890. The lowest BCUT2D eigenvalue weighted by Gasteiger charge is -2.20. The van der Waals surface area contributed by atoms with Crippen LogP contribution in [-0.2, 0) is 9.84 Å². The third-order valence-corrected chi connectivity index (χ3v) is 4.35. The molecular formula is C13H17NO2S. The summed E-state index contributed by atoms with van der Waals surface area (Å²) in [6.45, 7) is 2.10. The molecule has 4 heteroatoms. The van der Waals surface area contributed by atoms with E-state index in [-0.39, 0.29) is 17.8 Å². The Balaban J connectivity index is 2.05. The van der Waals surface area contributed by atoms with Crippen molar-refractivity contribution in [1.29, 1.82) is 0 Å². The molecule has 17 heavy (non-hydrogen) atoms. The molecule has 0 spiro atoms. The Morgan fingerprint density at radius 3 is 2.59 bits per heavy atom. The van der Waals surface area contributed by atoms with Gasteiger partial charge in [0.15, 0.2) is 9.84 Å². The third-order valence-electron chi connectivity index (χ3n) is 2.96. The fourth-order valence-corrected chi connectivity index (χ4v) is 3.32. The summed E-state index contributed by atoms with van der Waals surface area (Å²) in [5, 5.41) is 4.68. The molecule has 0 saturated carbocycles. The molecule has 0 amide bonds. The number of sulfone groups is 1. The molecule has 1 aromatic carbocycles. The summed E-state index contributed by atoms with van der Waals surface area (Å²) < 4.78 is 22.6. The molecule has 1 heterocycles. The maximum Gasteiger partial charge on any atom is 0.173 e. The van der Waals surface area contributed by atoms with Crippen LogP contribution in [0.15, 0.2) is 41.8 Å². The first-order chi connectivity index (χ1) is 8.11. The van der Waals surface area contributed by atoms with Crippen LogP contribution in [0.1, 0.15) is 24.9 Å². The van der Waals surface area contributed by atoms with Crippen molar-refractivity contribution in [3.05, 3.63) is 47.4 Å². The summed E-state index contributed by atoms with van der Waals surface area (Å²) in [6, 6.07) is 10.3. The summed E-state index contributed by atoms with van der Waals surface area (Å²) in [7, 11) is -2.97. The minimum Gasteiger partial charge on any atom is -0.303 e. The lowest BCUT2D eigenvalue weighted by Crippen LogP contribution is -2.33. The average molecular weight is 251 g/mol. The highest BCUT2D eigenvalue weighted by Crippen LogP contribution is 2.19. The van der Waals surface area contributed by atoms with E-state index < -0.39 is 9.84 Å². The molecule has 1 aliphatic heterocycles. The van der Waals surface area contributed by atoms with E-state index in [9.17, 15) is 8.42 Å². The smallest absolute Gasteiger partial charge is 0.173 e. The van der Waals surface area contributed by atoms with Gasteiger partial charge in [0.1, 0.15) is 0 Å². The molecule has 2 rings (SSSR count). The second-order valence-corrected chi connectivity index (χ2v) is 6.23. The van der Waals surface area contributed by atoms with Gasteiger partial charge in [0, 0.05) is 17.5 Å². The fraction of sp³-hybridized carbons (Fsp3) is 0.385. The maximum absolute atomic E-state index is 11.3. The molecule has 0 fully saturated rings. The second kappa shape index (κ2) is 5.02. The van der Waals surface area contributed by atoms with Gasteiger partial charge in [-0.1, -0.05) is 43.3 Å². The van der Waals surface area contributed by atoms with Crippen molar-refractivity contribution in [1.82, 2.24) is 5.32 Å². The summed E-state index contributed by atoms with van der Waals surface area (Å²) >= 11 is 0. The molecule has 0 bridgehead atoms. The number of hydrogen-bond acceptors (Lipinski definition) is 3. The van der Waals surface area contributed by atoms with E-state index in [1.165, 1.54) is 11.0 Å². The zero-order valence-corrected chi connectivity index (χ0v) is 10.7. The molecule has 2 unspecified atom stereocenters. The van der Waals surface area contributed by atoms with Gasteiger partial charge in [-0.3, -0.25) is 0 Å². The van der Waals surface area contributed by atoms with Crippen molar-refractivity contribution >= 4 is 9.84 Å². The molecule has 1 N–H and O–H groups in total. The lowest BCUT2D eigenvalue weighted by atomic mass is 10.0. The first-order valence-electron chi connectivity index (χ1n) is 5.82. The standard InChI is InChI=1S/C13H17NO2S/c1-2-13(11-6-4-3-5-7-11)14-12-8-9-17(15,16)10-12/h3-9,12-14H,2,10H2,1H3. The van der Waals surface area contributed by atoms with Gasteiger partial charge in [0.2, 0.25) is 0 Å². The number of nitrogens with one attached hydrogen (secondary N) is 1. The topological polar surface area (TPSA) is 46.2 Å². The van der Waals surface area contributed by atoms with E-state index in [1.807, 2.05) is 18.2 Å². The van der Waals surface area contributed by atoms with Crippen LogP contribution in [0.25, 0.3) is 0 Å². The molecule has 0 saturated heterocycles. The van der Waals surface area contributed by atoms with E-state index in [1.54, 1.807) is 6.08 Å². The Morgan fingerprint density at radius 2 is 2.06 bits per heavy atom. The highest BCUT2D eigenvalue weighted by Gasteiger charge is 2.23. The predicted octanol–water partition coefficient (Wildman–Crippen LogP) is 2.04. The van der Waals surface area contributed by atoms with Crippen LogP contribution < -0.4 is 5.32 Å². The largest absolute Gasteiger partial charge is 0.303 e. The Kier molecular flexibility index (Phi) is 3.64. The number of rotatable bonds is 4. The van der Waals surface area contributed by atoms with E-state index in [0.29, 0.717) is 0 Å². The van der Waals surface area contributed by atoms with Crippen LogP contribution in [0, 0.1) is 0 Å². The number of benzene rings is 1. The van der Waals surface area contributed by atoms with Gasteiger partial charge in [-0.25, -0.2) is 8.42 Å². The first kappa shape index (κ1) is 12.3. The summed E-state index contributed by atoms with van der Waals surface area (Å²) in [4.78, 5) is 0. The average Bonchev–Trinajstić information content (AvgIpc) is 2.67. The van der Waals surface area contributed by atoms with Gasteiger partial charge in [-0.15, -0.1) is 0 Å². The molecule has 1 aromatic rings. The Labute approximate surface area is 102 Å². The fourth-order valence-electron chi connectivity index (χ4n) is 2.07. The molecule has 3 nitrogen and oxygen atoms in total. The Bertz CT molecular complexity index is 493. The first-order valence-corrected chi connectivity index (χ1v) is 7.54. The zero-order chi connectivity index (χ0) is 12.3. The SMILES string of the molecule is CCC(NC1C=CS(=O)(=O)C1)c1ccccc1. The van der Waals surface area contributed by atoms with Gasteiger partial charge in [-0.05, 0) is 12.0 Å². The lowest BCUT2D eigenvalue weighted by molar-refractivity contribution is 0.491. The van der Waals surface area contributed by atoms with Gasteiger partial charge in [-0.2, -0.15) is 0 Å². The van der Waals surface area contributed by atoms with Crippen molar-refractivity contribution in [3.8, 4) is 0 Å². The Morgan fingerprint density at radius 1 is 1.35 bits per heavy atom. The molecule has 92 valence electrons. The highest BCUT2D eigenvalue weighted by atomic mass is 32.2. The van der Waals surface area contributed by atoms with Crippen molar-refractivity contribution in [2.45, 2.75) is 25.4 Å². The highest BCUT2D eigenvalue weighted by molar-refractivity contribution is 7.94.